The smallest absolute Gasteiger partial charge is 0.387 e. The van der Waals surface area contributed by atoms with Crippen LogP contribution in [0.1, 0.15) is 11.1 Å². The number of hydrogen-bond acceptors (Lipinski definition) is 2. The van der Waals surface area contributed by atoms with Crippen molar-refractivity contribution in [1.82, 2.24) is 0 Å². The van der Waals surface area contributed by atoms with Crippen LogP contribution in [0.3, 0.4) is 0 Å². The van der Waals surface area contributed by atoms with Crippen molar-refractivity contribution in [2.24, 2.45) is 0 Å². The molecule has 2 rings (SSSR count). The molecule has 0 fully saturated rings. The molecule has 0 heterocycles. The minimum Gasteiger partial charge on any atom is -0.435 e. The average Bonchev–Trinajstić information content (AvgIpc) is 2.38. The molecule has 0 bridgehead atoms. The van der Waals surface area contributed by atoms with E-state index in [1.54, 1.807) is 12.1 Å². The normalized spacial score (nSPS) is 10.8. The van der Waals surface area contributed by atoms with Crippen LogP contribution >= 0.6 is 31.9 Å². The first kappa shape index (κ1) is 16.2. The van der Waals surface area contributed by atoms with Gasteiger partial charge >= 0.3 is 6.61 Å². The van der Waals surface area contributed by atoms with Crippen molar-refractivity contribution in [2.45, 2.75) is 20.1 Å². The molecule has 0 saturated heterocycles. The molecule has 2 aromatic rings. The molecule has 0 aliphatic carbocycles. The minimum absolute atomic E-state index is 0.159. The van der Waals surface area contributed by atoms with Crippen LogP contribution in [0.5, 0.6) is 5.75 Å². The van der Waals surface area contributed by atoms with Crippen LogP contribution in [-0.2, 0) is 6.54 Å². The summed E-state index contributed by atoms with van der Waals surface area (Å²) in [5, 5.41) is 3.30. The first-order valence-electron chi connectivity index (χ1n) is 6.19. The van der Waals surface area contributed by atoms with Gasteiger partial charge in [0.25, 0.3) is 0 Å². The van der Waals surface area contributed by atoms with Crippen molar-refractivity contribution < 1.29 is 13.5 Å². The van der Waals surface area contributed by atoms with Gasteiger partial charge in [0.1, 0.15) is 5.75 Å². The molecule has 6 heteroatoms. The lowest BCUT2D eigenvalue weighted by Gasteiger charge is -2.12. The van der Waals surface area contributed by atoms with Crippen LogP contribution in [0.4, 0.5) is 14.5 Å². The maximum Gasteiger partial charge on any atom is 0.387 e. The number of hydrogen-bond donors (Lipinski definition) is 1. The second-order valence-electron chi connectivity index (χ2n) is 4.48. The molecule has 0 saturated carbocycles. The van der Waals surface area contributed by atoms with Gasteiger partial charge in [-0.05, 0) is 74.2 Å². The summed E-state index contributed by atoms with van der Waals surface area (Å²) in [6.45, 7) is -0.204. The summed E-state index contributed by atoms with van der Waals surface area (Å²) in [6.07, 6.45) is 0. The van der Waals surface area contributed by atoms with Crippen molar-refractivity contribution in [3.63, 3.8) is 0 Å². The van der Waals surface area contributed by atoms with Crippen molar-refractivity contribution in [3.05, 3.63) is 56.5 Å². The second kappa shape index (κ2) is 7.22. The summed E-state index contributed by atoms with van der Waals surface area (Å²) in [5.41, 5.74) is 3.07. The zero-order valence-electron chi connectivity index (χ0n) is 11.2. The van der Waals surface area contributed by atoms with E-state index in [1.807, 2.05) is 19.1 Å². The lowest BCUT2D eigenvalue weighted by Crippen LogP contribution is -2.03. The predicted molar refractivity (Wildman–Crippen MR) is 87.0 cm³/mol. The van der Waals surface area contributed by atoms with Gasteiger partial charge in [-0.1, -0.05) is 12.1 Å². The Labute approximate surface area is 138 Å². The molecule has 2 aromatic carbocycles. The number of rotatable bonds is 5. The molecule has 0 aliphatic rings. The maximum atomic E-state index is 12.1. The third kappa shape index (κ3) is 4.68. The highest BCUT2D eigenvalue weighted by Crippen LogP contribution is 2.32. The number of anilines is 1. The summed E-state index contributed by atoms with van der Waals surface area (Å²) in [6, 6.07) is 10.6. The minimum atomic E-state index is -2.80. The summed E-state index contributed by atoms with van der Waals surface area (Å²) in [7, 11) is 0. The second-order valence-corrected chi connectivity index (χ2v) is 6.19. The van der Waals surface area contributed by atoms with E-state index in [2.05, 4.69) is 41.9 Å². The van der Waals surface area contributed by atoms with Crippen LogP contribution in [0.25, 0.3) is 0 Å². The Balaban J connectivity index is 2.03. The fourth-order valence-corrected chi connectivity index (χ4v) is 3.54. The van der Waals surface area contributed by atoms with Crippen LogP contribution in [0.15, 0.2) is 45.3 Å². The number of alkyl halides is 2. The predicted octanol–water partition coefficient (Wildman–Crippen LogP) is 5.73. The van der Waals surface area contributed by atoms with E-state index >= 15 is 0 Å². The Morgan fingerprint density at radius 2 is 1.67 bits per heavy atom. The van der Waals surface area contributed by atoms with Crippen molar-refractivity contribution in [1.29, 1.82) is 0 Å². The highest BCUT2D eigenvalue weighted by molar-refractivity contribution is 9.11. The Bertz CT molecular complexity index is 595. The van der Waals surface area contributed by atoms with Gasteiger partial charge in [-0.15, -0.1) is 0 Å². The van der Waals surface area contributed by atoms with Gasteiger partial charge in [-0.2, -0.15) is 8.78 Å². The first-order chi connectivity index (χ1) is 9.95. The molecule has 0 radical (unpaired) electrons. The highest BCUT2D eigenvalue weighted by Gasteiger charge is 2.07. The van der Waals surface area contributed by atoms with E-state index in [4.69, 9.17) is 0 Å². The molecule has 21 heavy (non-hydrogen) atoms. The van der Waals surface area contributed by atoms with Crippen LogP contribution < -0.4 is 10.1 Å². The lowest BCUT2D eigenvalue weighted by molar-refractivity contribution is -0.0498. The quantitative estimate of drug-likeness (QED) is 0.666. The average molecular weight is 421 g/mol. The molecular weight excluding hydrogens is 408 g/mol. The molecule has 0 aromatic heterocycles. The topological polar surface area (TPSA) is 21.3 Å². The number of ether oxygens (including phenoxy) is 1. The third-order valence-corrected chi connectivity index (χ3v) is 4.06. The van der Waals surface area contributed by atoms with E-state index in [-0.39, 0.29) is 5.75 Å². The van der Waals surface area contributed by atoms with Crippen LogP contribution in [-0.4, -0.2) is 6.61 Å². The van der Waals surface area contributed by atoms with Crippen molar-refractivity contribution in [3.8, 4) is 5.75 Å². The molecule has 2 nitrogen and oxygen atoms in total. The summed E-state index contributed by atoms with van der Waals surface area (Å²) < 4.78 is 30.4. The maximum absolute atomic E-state index is 12.1. The Morgan fingerprint density at radius 3 is 2.19 bits per heavy atom. The van der Waals surface area contributed by atoms with E-state index in [0.717, 1.165) is 25.8 Å². The van der Waals surface area contributed by atoms with E-state index in [0.29, 0.717) is 6.54 Å². The molecule has 0 amide bonds. The Hall–Kier alpha value is -1.14. The van der Waals surface area contributed by atoms with E-state index in [1.165, 1.54) is 12.1 Å². The fraction of sp³-hybridized carbons (Fsp3) is 0.200. The monoisotopic (exact) mass is 419 g/mol. The van der Waals surface area contributed by atoms with Gasteiger partial charge in [-0.3, -0.25) is 0 Å². The largest absolute Gasteiger partial charge is 0.435 e. The molecule has 0 atom stereocenters. The number of halogens is 4. The molecule has 1 N–H and O–H groups in total. The fourth-order valence-electron chi connectivity index (χ4n) is 1.85. The molecule has 0 unspecified atom stereocenters. The van der Waals surface area contributed by atoms with Gasteiger partial charge in [0.15, 0.2) is 0 Å². The van der Waals surface area contributed by atoms with Gasteiger partial charge < -0.3 is 10.1 Å². The molecular formula is C15H13Br2F2NO. The highest BCUT2D eigenvalue weighted by atomic mass is 79.9. The summed E-state index contributed by atoms with van der Waals surface area (Å²) >= 11 is 7.03. The third-order valence-electron chi connectivity index (χ3n) is 2.80. The zero-order chi connectivity index (χ0) is 15.4. The molecule has 0 spiro atoms. The van der Waals surface area contributed by atoms with Gasteiger partial charge in [-0.25, -0.2) is 0 Å². The Kier molecular flexibility index (Phi) is 5.58. The summed E-state index contributed by atoms with van der Waals surface area (Å²) in [4.78, 5) is 0. The van der Waals surface area contributed by atoms with Crippen LogP contribution in [0.2, 0.25) is 0 Å². The Morgan fingerprint density at radius 1 is 1.10 bits per heavy atom. The van der Waals surface area contributed by atoms with Crippen molar-refractivity contribution in [2.75, 3.05) is 5.32 Å². The van der Waals surface area contributed by atoms with Crippen LogP contribution in [0, 0.1) is 6.92 Å². The van der Waals surface area contributed by atoms with Gasteiger partial charge in [0.2, 0.25) is 0 Å². The molecule has 112 valence electrons. The molecule has 0 aliphatic heterocycles. The van der Waals surface area contributed by atoms with Gasteiger partial charge in [0, 0.05) is 15.5 Å². The van der Waals surface area contributed by atoms with E-state index in [9.17, 15) is 8.78 Å². The zero-order valence-corrected chi connectivity index (χ0v) is 14.3. The summed E-state index contributed by atoms with van der Waals surface area (Å²) in [5.74, 6) is 0.159. The van der Waals surface area contributed by atoms with Gasteiger partial charge in [0.05, 0.1) is 5.69 Å². The lowest BCUT2D eigenvalue weighted by atomic mass is 10.2. The number of benzene rings is 2. The van der Waals surface area contributed by atoms with E-state index < -0.39 is 6.61 Å². The van der Waals surface area contributed by atoms with Crippen molar-refractivity contribution >= 4 is 37.5 Å². The number of aryl methyl sites for hydroxylation is 1. The SMILES string of the molecule is Cc1cc(Br)c(NCc2ccc(OC(F)F)cc2)c(Br)c1. The first-order valence-corrected chi connectivity index (χ1v) is 7.77. The number of nitrogens with one attached hydrogen (secondary N) is 1. The standard InChI is InChI=1S/C15H13Br2F2NO/c1-9-6-12(16)14(13(17)7-9)20-8-10-2-4-11(5-3-10)21-15(18)19/h2-7,15,20H,8H2,1H3.